The average molecular weight is 266 g/mol. The lowest BCUT2D eigenvalue weighted by molar-refractivity contribution is 0.196. The maximum Gasteiger partial charge on any atom is 0.125 e. The van der Waals surface area contributed by atoms with Gasteiger partial charge < -0.3 is 9.84 Å². The summed E-state index contributed by atoms with van der Waals surface area (Å²) in [5, 5.41) is 9.58. The van der Waals surface area contributed by atoms with Gasteiger partial charge in [0.15, 0.2) is 0 Å². The van der Waals surface area contributed by atoms with E-state index in [4.69, 9.17) is 16.3 Å². The van der Waals surface area contributed by atoms with E-state index < -0.39 is 6.10 Å². The minimum Gasteiger partial charge on any atom is -0.496 e. The Balaban J connectivity index is 3.14. The number of methoxy groups -OCH3 is 1. The third-order valence-corrected chi connectivity index (χ3v) is 2.70. The number of aliphatic hydroxyl groups excluding tert-OH is 1. The Hall–Kier alpha value is -0.250. The fourth-order valence-corrected chi connectivity index (χ4v) is 1.86. The van der Waals surface area contributed by atoms with Gasteiger partial charge in [0.1, 0.15) is 5.75 Å². The van der Waals surface area contributed by atoms with Crippen LogP contribution in [-0.2, 0) is 0 Å². The quantitative estimate of drug-likeness (QED) is 0.852. The molecule has 1 aromatic carbocycles. The van der Waals surface area contributed by atoms with E-state index in [1.807, 2.05) is 12.1 Å². The Morgan fingerprint density at radius 3 is 2.85 bits per heavy atom. The van der Waals surface area contributed by atoms with Crippen molar-refractivity contribution in [3.05, 3.63) is 28.2 Å². The standard InChI is InChI=1S/C9H10BrClO2/c1-13-8-4-2-3-6(10)9(8)7(12)5-11/h2-4,7,12H,5H2,1H3/t7-/m1/s1. The third kappa shape index (κ3) is 2.36. The summed E-state index contributed by atoms with van der Waals surface area (Å²) in [6, 6.07) is 5.47. The molecule has 1 aromatic rings. The molecule has 1 N–H and O–H groups in total. The van der Waals surface area contributed by atoms with Crippen LogP contribution in [0.25, 0.3) is 0 Å². The summed E-state index contributed by atoms with van der Waals surface area (Å²) in [4.78, 5) is 0. The highest BCUT2D eigenvalue weighted by atomic mass is 79.9. The molecular weight excluding hydrogens is 255 g/mol. The minimum absolute atomic E-state index is 0.152. The van der Waals surface area contributed by atoms with Gasteiger partial charge in [-0.2, -0.15) is 0 Å². The van der Waals surface area contributed by atoms with Gasteiger partial charge in [-0.05, 0) is 12.1 Å². The van der Waals surface area contributed by atoms with Crippen LogP contribution in [0.15, 0.2) is 22.7 Å². The first-order chi connectivity index (χ1) is 6.20. The van der Waals surface area contributed by atoms with Crippen molar-refractivity contribution in [2.75, 3.05) is 13.0 Å². The van der Waals surface area contributed by atoms with Crippen molar-refractivity contribution in [2.24, 2.45) is 0 Å². The maximum atomic E-state index is 9.58. The van der Waals surface area contributed by atoms with Crippen molar-refractivity contribution in [1.82, 2.24) is 0 Å². The lowest BCUT2D eigenvalue weighted by Gasteiger charge is -2.13. The number of hydrogen-bond donors (Lipinski definition) is 1. The Labute approximate surface area is 90.6 Å². The van der Waals surface area contributed by atoms with Gasteiger partial charge in [-0.15, -0.1) is 11.6 Å². The highest BCUT2D eigenvalue weighted by molar-refractivity contribution is 9.10. The molecule has 1 rings (SSSR count). The monoisotopic (exact) mass is 264 g/mol. The zero-order chi connectivity index (χ0) is 9.84. The highest BCUT2D eigenvalue weighted by Crippen LogP contribution is 2.32. The number of halogens is 2. The van der Waals surface area contributed by atoms with Crippen LogP contribution in [0.4, 0.5) is 0 Å². The van der Waals surface area contributed by atoms with Gasteiger partial charge in [0.05, 0.1) is 19.1 Å². The number of ether oxygens (including phenoxy) is 1. The van der Waals surface area contributed by atoms with E-state index in [9.17, 15) is 5.11 Å². The zero-order valence-corrected chi connectivity index (χ0v) is 9.47. The van der Waals surface area contributed by atoms with Crippen molar-refractivity contribution < 1.29 is 9.84 Å². The van der Waals surface area contributed by atoms with Gasteiger partial charge in [0.25, 0.3) is 0 Å². The number of aliphatic hydroxyl groups is 1. The van der Waals surface area contributed by atoms with Crippen LogP contribution in [0.5, 0.6) is 5.75 Å². The third-order valence-electron chi connectivity index (χ3n) is 1.71. The zero-order valence-electron chi connectivity index (χ0n) is 7.13. The highest BCUT2D eigenvalue weighted by Gasteiger charge is 2.15. The normalized spacial score (nSPS) is 12.6. The van der Waals surface area contributed by atoms with Gasteiger partial charge in [-0.25, -0.2) is 0 Å². The predicted molar refractivity (Wildman–Crippen MR) is 56.4 cm³/mol. The number of benzene rings is 1. The van der Waals surface area contributed by atoms with Crippen LogP contribution >= 0.6 is 27.5 Å². The van der Waals surface area contributed by atoms with E-state index in [0.717, 1.165) is 4.47 Å². The summed E-state index contributed by atoms with van der Waals surface area (Å²) in [7, 11) is 1.56. The number of alkyl halides is 1. The fraction of sp³-hybridized carbons (Fsp3) is 0.333. The first-order valence-corrected chi connectivity index (χ1v) is 5.10. The lowest BCUT2D eigenvalue weighted by Crippen LogP contribution is -2.02. The number of hydrogen-bond acceptors (Lipinski definition) is 2. The van der Waals surface area contributed by atoms with E-state index >= 15 is 0 Å². The van der Waals surface area contributed by atoms with Gasteiger partial charge in [-0.3, -0.25) is 0 Å². The van der Waals surface area contributed by atoms with Crippen LogP contribution in [-0.4, -0.2) is 18.1 Å². The smallest absolute Gasteiger partial charge is 0.125 e. The maximum absolute atomic E-state index is 9.58. The topological polar surface area (TPSA) is 29.5 Å². The molecule has 0 aliphatic heterocycles. The molecule has 0 spiro atoms. The van der Waals surface area contributed by atoms with Gasteiger partial charge in [0, 0.05) is 10.0 Å². The van der Waals surface area contributed by atoms with Crippen LogP contribution in [0.3, 0.4) is 0 Å². The molecule has 13 heavy (non-hydrogen) atoms. The summed E-state index contributed by atoms with van der Waals surface area (Å²) in [5.74, 6) is 0.793. The van der Waals surface area contributed by atoms with Crippen molar-refractivity contribution in [3.8, 4) is 5.75 Å². The molecule has 4 heteroatoms. The molecule has 0 aliphatic rings. The van der Waals surface area contributed by atoms with Crippen LogP contribution in [0.2, 0.25) is 0 Å². The number of rotatable bonds is 3. The Kier molecular flexibility index (Phi) is 4.03. The molecule has 72 valence electrons. The SMILES string of the molecule is COc1cccc(Br)c1[C@H](O)CCl. The lowest BCUT2D eigenvalue weighted by atomic mass is 10.1. The molecule has 0 unspecified atom stereocenters. The van der Waals surface area contributed by atoms with E-state index in [0.29, 0.717) is 11.3 Å². The molecule has 0 amide bonds. The first-order valence-electron chi connectivity index (χ1n) is 3.77. The molecule has 0 aromatic heterocycles. The molecule has 0 bridgehead atoms. The minimum atomic E-state index is -0.702. The van der Waals surface area contributed by atoms with Crippen molar-refractivity contribution >= 4 is 27.5 Å². The second kappa shape index (κ2) is 4.84. The summed E-state index contributed by atoms with van der Waals surface area (Å²) in [5.41, 5.74) is 0.694. The molecule has 0 heterocycles. The summed E-state index contributed by atoms with van der Waals surface area (Å²) in [6.45, 7) is 0. The van der Waals surface area contributed by atoms with Crippen molar-refractivity contribution in [1.29, 1.82) is 0 Å². The second-order valence-corrected chi connectivity index (χ2v) is 3.69. The average Bonchev–Trinajstić information content (AvgIpc) is 2.16. The molecule has 0 fully saturated rings. The predicted octanol–water partition coefficient (Wildman–Crippen LogP) is 2.73. The Morgan fingerprint density at radius 1 is 1.62 bits per heavy atom. The Bertz CT molecular complexity index is 291. The second-order valence-electron chi connectivity index (χ2n) is 2.53. The molecule has 0 aliphatic carbocycles. The summed E-state index contributed by atoms with van der Waals surface area (Å²) >= 11 is 8.89. The first kappa shape index (κ1) is 10.8. The molecular formula is C9H10BrClO2. The van der Waals surface area contributed by atoms with E-state index in [1.54, 1.807) is 13.2 Å². The van der Waals surface area contributed by atoms with Crippen LogP contribution in [0, 0.1) is 0 Å². The van der Waals surface area contributed by atoms with Crippen LogP contribution in [0.1, 0.15) is 11.7 Å². The van der Waals surface area contributed by atoms with Gasteiger partial charge in [0.2, 0.25) is 0 Å². The molecule has 1 atom stereocenters. The Morgan fingerprint density at radius 2 is 2.31 bits per heavy atom. The van der Waals surface area contributed by atoms with Gasteiger partial charge >= 0.3 is 0 Å². The largest absolute Gasteiger partial charge is 0.496 e. The molecule has 0 radical (unpaired) electrons. The summed E-state index contributed by atoms with van der Waals surface area (Å²) in [6.07, 6.45) is -0.702. The summed E-state index contributed by atoms with van der Waals surface area (Å²) < 4.78 is 5.91. The molecule has 0 saturated carbocycles. The van der Waals surface area contributed by atoms with Crippen molar-refractivity contribution in [2.45, 2.75) is 6.10 Å². The van der Waals surface area contributed by atoms with Crippen molar-refractivity contribution in [3.63, 3.8) is 0 Å². The van der Waals surface area contributed by atoms with E-state index in [2.05, 4.69) is 15.9 Å². The van der Waals surface area contributed by atoms with Crippen LogP contribution < -0.4 is 4.74 Å². The van der Waals surface area contributed by atoms with E-state index in [-0.39, 0.29) is 5.88 Å². The van der Waals surface area contributed by atoms with Gasteiger partial charge in [-0.1, -0.05) is 22.0 Å². The van der Waals surface area contributed by atoms with E-state index in [1.165, 1.54) is 0 Å². The molecule has 2 nitrogen and oxygen atoms in total. The molecule has 0 saturated heterocycles. The fourth-order valence-electron chi connectivity index (χ4n) is 1.10.